The summed E-state index contributed by atoms with van der Waals surface area (Å²) in [6.45, 7) is 3.40. The highest BCUT2D eigenvalue weighted by molar-refractivity contribution is 5.87. The summed E-state index contributed by atoms with van der Waals surface area (Å²) in [7, 11) is 1.61. The van der Waals surface area contributed by atoms with Gasteiger partial charge in [-0.1, -0.05) is 0 Å². The summed E-state index contributed by atoms with van der Waals surface area (Å²) in [6.07, 6.45) is 2.13. The molecule has 0 aromatic carbocycles. The maximum atomic E-state index is 11.7. The van der Waals surface area contributed by atoms with E-state index >= 15 is 0 Å². The minimum atomic E-state index is -0.540. The van der Waals surface area contributed by atoms with Crippen molar-refractivity contribution in [3.63, 3.8) is 0 Å². The van der Waals surface area contributed by atoms with Crippen LogP contribution in [0.2, 0.25) is 0 Å². The molecule has 0 aromatic heterocycles. The van der Waals surface area contributed by atoms with Gasteiger partial charge in [0.15, 0.2) is 0 Å². The van der Waals surface area contributed by atoms with Gasteiger partial charge in [0, 0.05) is 20.1 Å². The van der Waals surface area contributed by atoms with Crippen molar-refractivity contribution in [3.05, 3.63) is 0 Å². The molecule has 1 aliphatic rings. The van der Waals surface area contributed by atoms with E-state index in [0.29, 0.717) is 0 Å². The average Bonchev–Trinajstić information content (AvgIpc) is 2.68. The van der Waals surface area contributed by atoms with E-state index in [0.717, 1.165) is 25.9 Å². The Balaban J connectivity index is 2.40. The van der Waals surface area contributed by atoms with Crippen molar-refractivity contribution < 1.29 is 9.59 Å². The Morgan fingerprint density at radius 2 is 1.93 bits per heavy atom. The molecule has 2 amide bonds. The Bertz CT molecular complexity index is 247. The first-order chi connectivity index (χ1) is 7.02. The molecular formula is C10H19N3O2. The van der Waals surface area contributed by atoms with Crippen molar-refractivity contribution >= 4 is 11.8 Å². The molecule has 1 heterocycles. The number of nitrogens with two attached hydrogens (primary N) is 1. The van der Waals surface area contributed by atoms with E-state index in [1.54, 1.807) is 18.9 Å². The lowest BCUT2D eigenvalue weighted by atomic mass is 10.3. The molecule has 0 spiro atoms. The highest BCUT2D eigenvalue weighted by atomic mass is 16.2. The molecule has 1 aliphatic heterocycles. The SMILES string of the molecule is C[C@H](N)C(=O)N(C)CC(=O)N1CCCC1. The van der Waals surface area contributed by atoms with Crippen LogP contribution in [-0.2, 0) is 9.59 Å². The van der Waals surface area contributed by atoms with Gasteiger partial charge in [-0.15, -0.1) is 0 Å². The molecule has 1 saturated heterocycles. The second-order valence-corrected chi connectivity index (χ2v) is 4.07. The van der Waals surface area contributed by atoms with E-state index < -0.39 is 6.04 Å². The van der Waals surface area contributed by atoms with E-state index in [-0.39, 0.29) is 18.4 Å². The van der Waals surface area contributed by atoms with Crippen LogP contribution in [0, 0.1) is 0 Å². The second-order valence-electron chi connectivity index (χ2n) is 4.07. The first kappa shape index (κ1) is 12.0. The zero-order valence-electron chi connectivity index (χ0n) is 9.40. The monoisotopic (exact) mass is 213 g/mol. The van der Waals surface area contributed by atoms with Gasteiger partial charge in [0.1, 0.15) is 0 Å². The normalized spacial score (nSPS) is 17.7. The number of hydrogen-bond acceptors (Lipinski definition) is 3. The van der Waals surface area contributed by atoms with Crippen LogP contribution >= 0.6 is 0 Å². The topological polar surface area (TPSA) is 66.6 Å². The third kappa shape index (κ3) is 3.20. The molecule has 2 N–H and O–H groups in total. The standard InChI is InChI=1S/C10H19N3O2/c1-8(11)10(15)12(2)7-9(14)13-5-3-4-6-13/h8H,3-7,11H2,1-2H3/t8-/m0/s1. The summed E-state index contributed by atoms with van der Waals surface area (Å²) in [5, 5.41) is 0. The summed E-state index contributed by atoms with van der Waals surface area (Å²) < 4.78 is 0. The molecular weight excluding hydrogens is 194 g/mol. The Hall–Kier alpha value is -1.10. The Labute approximate surface area is 90.2 Å². The fourth-order valence-electron chi connectivity index (χ4n) is 1.69. The fraction of sp³-hybridized carbons (Fsp3) is 0.800. The molecule has 0 radical (unpaired) electrons. The third-order valence-corrected chi connectivity index (χ3v) is 2.60. The maximum absolute atomic E-state index is 11.7. The van der Waals surface area contributed by atoms with E-state index in [1.165, 1.54) is 4.90 Å². The minimum Gasteiger partial charge on any atom is -0.341 e. The number of rotatable bonds is 3. The first-order valence-corrected chi connectivity index (χ1v) is 5.30. The second kappa shape index (κ2) is 5.11. The molecule has 0 aliphatic carbocycles. The lowest BCUT2D eigenvalue weighted by molar-refractivity contribution is -0.139. The number of carbonyl (C=O) groups is 2. The number of likely N-dealkylation sites (N-methyl/N-ethyl adjacent to an activating group) is 1. The minimum absolute atomic E-state index is 0.0176. The highest BCUT2D eigenvalue weighted by Crippen LogP contribution is 2.07. The third-order valence-electron chi connectivity index (χ3n) is 2.60. The van der Waals surface area contributed by atoms with Gasteiger partial charge in [0.2, 0.25) is 11.8 Å². The van der Waals surface area contributed by atoms with Crippen LogP contribution < -0.4 is 5.73 Å². The maximum Gasteiger partial charge on any atom is 0.242 e. The van der Waals surface area contributed by atoms with Crippen LogP contribution in [0.5, 0.6) is 0 Å². The van der Waals surface area contributed by atoms with Crippen molar-refractivity contribution in [2.24, 2.45) is 5.73 Å². The number of hydrogen-bond donors (Lipinski definition) is 1. The van der Waals surface area contributed by atoms with E-state index in [4.69, 9.17) is 5.73 Å². The van der Waals surface area contributed by atoms with Crippen molar-refractivity contribution in [1.29, 1.82) is 0 Å². The van der Waals surface area contributed by atoms with E-state index in [9.17, 15) is 9.59 Å². The van der Waals surface area contributed by atoms with Gasteiger partial charge < -0.3 is 15.5 Å². The summed E-state index contributed by atoms with van der Waals surface area (Å²) >= 11 is 0. The van der Waals surface area contributed by atoms with Gasteiger partial charge >= 0.3 is 0 Å². The summed E-state index contributed by atoms with van der Waals surface area (Å²) in [5.74, 6) is -0.174. The van der Waals surface area contributed by atoms with Crippen LogP contribution in [0.1, 0.15) is 19.8 Å². The molecule has 1 rings (SSSR count). The largest absolute Gasteiger partial charge is 0.341 e. The predicted octanol–water partition coefficient (Wildman–Crippen LogP) is -0.586. The van der Waals surface area contributed by atoms with Gasteiger partial charge in [-0.05, 0) is 19.8 Å². The molecule has 15 heavy (non-hydrogen) atoms. The quantitative estimate of drug-likeness (QED) is 0.681. The molecule has 0 aromatic rings. The Kier molecular flexibility index (Phi) is 4.08. The summed E-state index contributed by atoms with van der Waals surface area (Å²) in [6, 6.07) is -0.540. The number of nitrogens with zero attached hydrogens (tertiary/aromatic N) is 2. The molecule has 0 unspecified atom stereocenters. The molecule has 0 bridgehead atoms. The average molecular weight is 213 g/mol. The summed E-state index contributed by atoms with van der Waals surface area (Å²) in [4.78, 5) is 26.3. The van der Waals surface area contributed by atoms with Crippen LogP contribution in [0.3, 0.4) is 0 Å². The summed E-state index contributed by atoms with van der Waals surface area (Å²) in [5.41, 5.74) is 5.45. The van der Waals surface area contributed by atoms with E-state index in [1.807, 2.05) is 0 Å². The lowest BCUT2D eigenvalue weighted by Gasteiger charge is -2.22. The first-order valence-electron chi connectivity index (χ1n) is 5.30. The van der Waals surface area contributed by atoms with Crippen molar-refractivity contribution in [2.45, 2.75) is 25.8 Å². The molecule has 86 valence electrons. The number of likely N-dealkylation sites (tertiary alicyclic amines) is 1. The van der Waals surface area contributed by atoms with Crippen LogP contribution in [0.15, 0.2) is 0 Å². The predicted molar refractivity (Wildman–Crippen MR) is 57.1 cm³/mol. The molecule has 1 atom stereocenters. The fourth-order valence-corrected chi connectivity index (χ4v) is 1.69. The van der Waals surface area contributed by atoms with Crippen molar-refractivity contribution in [1.82, 2.24) is 9.80 Å². The van der Waals surface area contributed by atoms with Gasteiger partial charge in [-0.25, -0.2) is 0 Å². The molecule has 1 fully saturated rings. The molecule has 5 nitrogen and oxygen atoms in total. The lowest BCUT2D eigenvalue weighted by Crippen LogP contribution is -2.45. The van der Waals surface area contributed by atoms with Crippen LogP contribution in [0.25, 0.3) is 0 Å². The van der Waals surface area contributed by atoms with E-state index in [2.05, 4.69) is 0 Å². The molecule has 0 saturated carbocycles. The van der Waals surface area contributed by atoms with Gasteiger partial charge in [0.05, 0.1) is 12.6 Å². The van der Waals surface area contributed by atoms with Crippen molar-refractivity contribution in [2.75, 3.05) is 26.7 Å². The Morgan fingerprint density at radius 3 is 2.40 bits per heavy atom. The zero-order chi connectivity index (χ0) is 11.4. The smallest absolute Gasteiger partial charge is 0.242 e. The zero-order valence-corrected chi connectivity index (χ0v) is 9.40. The van der Waals surface area contributed by atoms with Crippen LogP contribution in [-0.4, -0.2) is 54.3 Å². The Morgan fingerprint density at radius 1 is 1.40 bits per heavy atom. The van der Waals surface area contributed by atoms with Gasteiger partial charge in [0.25, 0.3) is 0 Å². The number of carbonyl (C=O) groups excluding carboxylic acids is 2. The van der Waals surface area contributed by atoms with Gasteiger partial charge in [-0.3, -0.25) is 9.59 Å². The molecule has 5 heteroatoms. The highest BCUT2D eigenvalue weighted by Gasteiger charge is 2.22. The van der Waals surface area contributed by atoms with Crippen LogP contribution in [0.4, 0.5) is 0 Å². The van der Waals surface area contributed by atoms with Gasteiger partial charge in [-0.2, -0.15) is 0 Å². The van der Waals surface area contributed by atoms with Crippen molar-refractivity contribution in [3.8, 4) is 0 Å². The number of amides is 2.